The zero-order valence-electron chi connectivity index (χ0n) is 33.0. The number of carbonyl (C=O) groups is 6. The Morgan fingerprint density at radius 3 is 1.90 bits per heavy atom. The second kappa shape index (κ2) is 33.2. The van der Waals surface area contributed by atoms with Gasteiger partial charge in [-0.1, -0.05) is 73.4 Å². The Balaban J connectivity index is 0. The van der Waals surface area contributed by atoms with Gasteiger partial charge >= 0.3 is 12.0 Å². The van der Waals surface area contributed by atoms with Crippen LogP contribution >= 0.6 is 11.8 Å². The second-order valence-electron chi connectivity index (χ2n) is 12.3. The monoisotopic (exact) mass is 752 g/mol. The lowest BCUT2D eigenvalue weighted by Gasteiger charge is -2.19. The van der Waals surface area contributed by atoms with E-state index in [9.17, 15) is 33.9 Å². The molecule has 0 spiro atoms. The van der Waals surface area contributed by atoms with Crippen molar-refractivity contribution < 1.29 is 33.9 Å². The van der Waals surface area contributed by atoms with Crippen molar-refractivity contribution in [2.45, 2.75) is 137 Å². The minimum atomic E-state index is -1.20. The van der Waals surface area contributed by atoms with Gasteiger partial charge in [0.1, 0.15) is 17.9 Å². The SMILES string of the molecule is CC.CCC.CCC(=O)CCCCCNC(=O)NCCCCC(NC(=O)CNC(=O)C(CCSC)NC(=O)c1ccc(CNC(C)C)cc1)C(=O)O. The van der Waals surface area contributed by atoms with Crippen LogP contribution in [0, 0.1) is 0 Å². The Hall–Kier alpha value is -3.65. The fraction of sp³-hybridized carbons (Fsp3) is 0.684. The third kappa shape index (κ3) is 27.1. The molecule has 2 atom stereocenters. The summed E-state index contributed by atoms with van der Waals surface area (Å²) in [6.07, 6.45) is 8.15. The van der Waals surface area contributed by atoms with Gasteiger partial charge in [-0.25, -0.2) is 9.59 Å². The first kappa shape index (κ1) is 50.5. The molecule has 0 bridgehead atoms. The maximum Gasteiger partial charge on any atom is 0.326 e. The number of hydrogen-bond donors (Lipinski definition) is 7. The molecule has 0 aromatic heterocycles. The summed E-state index contributed by atoms with van der Waals surface area (Å²) >= 11 is 1.52. The summed E-state index contributed by atoms with van der Waals surface area (Å²) < 4.78 is 0. The molecule has 298 valence electrons. The van der Waals surface area contributed by atoms with Gasteiger partial charge in [0, 0.05) is 44.1 Å². The molecule has 13 nitrogen and oxygen atoms in total. The number of ketones is 1. The van der Waals surface area contributed by atoms with E-state index in [0.717, 1.165) is 24.8 Å². The largest absolute Gasteiger partial charge is 0.480 e. The molecular weight excluding hydrogens is 685 g/mol. The molecule has 1 aromatic rings. The van der Waals surface area contributed by atoms with Crippen LogP contribution in [0.4, 0.5) is 4.79 Å². The highest BCUT2D eigenvalue weighted by atomic mass is 32.2. The number of benzene rings is 1. The Morgan fingerprint density at radius 1 is 0.769 bits per heavy atom. The van der Waals surface area contributed by atoms with Crippen LogP contribution in [0.15, 0.2) is 24.3 Å². The maximum atomic E-state index is 12.9. The summed E-state index contributed by atoms with van der Waals surface area (Å²) in [5, 5.41) is 26.0. The fourth-order valence-corrected chi connectivity index (χ4v) is 4.85. The van der Waals surface area contributed by atoms with Crippen molar-refractivity contribution in [3.05, 3.63) is 35.4 Å². The van der Waals surface area contributed by atoms with Gasteiger partial charge in [0.05, 0.1) is 6.54 Å². The van der Waals surface area contributed by atoms with Crippen LogP contribution in [0.1, 0.15) is 129 Å². The molecule has 14 heteroatoms. The molecule has 52 heavy (non-hydrogen) atoms. The third-order valence-corrected chi connectivity index (χ3v) is 7.88. The highest BCUT2D eigenvalue weighted by Crippen LogP contribution is 2.08. The summed E-state index contributed by atoms with van der Waals surface area (Å²) in [4.78, 5) is 73.2. The van der Waals surface area contributed by atoms with E-state index >= 15 is 0 Å². The Labute approximate surface area is 316 Å². The van der Waals surface area contributed by atoms with E-state index in [0.29, 0.717) is 69.1 Å². The predicted octanol–water partition coefficient (Wildman–Crippen LogP) is 5.17. The van der Waals surface area contributed by atoms with Crippen molar-refractivity contribution in [1.29, 1.82) is 0 Å². The molecule has 0 aliphatic carbocycles. The van der Waals surface area contributed by atoms with E-state index in [4.69, 9.17) is 0 Å². The molecular formula is C38H68N6O7S. The van der Waals surface area contributed by atoms with Gasteiger partial charge < -0.3 is 37.0 Å². The fourth-order valence-electron chi connectivity index (χ4n) is 4.38. The lowest BCUT2D eigenvalue weighted by atomic mass is 10.1. The molecule has 1 aromatic carbocycles. The molecule has 0 aliphatic rings. The van der Waals surface area contributed by atoms with Crippen molar-refractivity contribution in [2.75, 3.05) is 31.6 Å². The van der Waals surface area contributed by atoms with Crippen LogP contribution in [-0.2, 0) is 25.7 Å². The van der Waals surface area contributed by atoms with Crippen LogP contribution in [0.25, 0.3) is 0 Å². The Kier molecular flexibility index (Phi) is 32.2. The summed E-state index contributed by atoms with van der Waals surface area (Å²) in [7, 11) is 0. The van der Waals surface area contributed by atoms with E-state index in [1.54, 1.807) is 12.1 Å². The van der Waals surface area contributed by atoms with Gasteiger partial charge in [-0.15, -0.1) is 0 Å². The van der Waals surface area contributed by atoms with Crippen molar-refractivity contribution in [3.63, 3.8) is 0 Å². The van der Waals surface area contributed by atoms with Gasteiger partial charge in [-0.2, -0.15) is 11.8 Å². The van der Waals surface area contributed by atoms with E-state index in [-0.39, 0.29) is 18.2 Å². The number of carbonyl (C=O) groups excluding carboxylic acids is 5. The number of nitrogens with one attached hydrogen (secondary N) is 6. The summed E-state index contributed by atoms with van der Waals surface area (Å²) in [5.74, 6) is -1.97. The van der Waals surface area contributed by atoms with Crippen LogP contribution in [0.3, 0.4) is 0 Å². The lowest BCUT2D eigenvalue weighted by molar-refractivity contribution is -0.142. The lowest BCUT2D eigenvalue weighted by Crippen LogP contribution is -2.51. The average Bonchev–Trinajstić information content (AvgIpc) is 3.13. The smallest absolute Gasteiger partial charge is 0.326 e. The molecule has 2 unspecified atom stereocenters. The van der Waals surface area contributed by atoms with E-state index in [2.05, 4.69) is 45.7 Å². The zero-order valence-corrected chi connectivity index (χ0v) is 33.8. The van der Waals surface area contributed by atoms with Crippen molar-refractivity contribution in [2.24, 2.45) is 0 Å². The topological polar surface area (TPSA) is 195 Å². The molecule has 5 amide bonds. The van der Waals surface area contributed by atoms with E-state index in [1.807, 2.05) is 53.0 Å². The number of thioether (sulfide) groups is 1. The minimum Gasteiger partial charge on any atom is -0.480 e. The molecule has 0 aliphatic heterocycles. The number of aliphatic carboxylic acids is 1. The molecule has 0 fully saturated rings. The van der Waals surface area contributed by atoms with Gasteiger partial charge in [-0.05, 0) is 68.2 Å². The van der Waals surface area contributed by atoms with Gasteiger partial charge in [0.25, 0.3) is 5.91 Å². The molecule has 1 rings (SSSR count). The minimum absolute atomic E-state index is 0.146. The highest BCUT2D eigenvalue weighted by molar-refractivity contribution is 7.98. The summed E-state index contributed by atoms with van der Waals surface area (Å²) in [6, 6.07) is 5.08. The third-order valence-electron chi connectivity index (χ3n) is 7.24. The van der Waals surface area contributed by atoms with Crippen LogP contribution in [0.5, 0.6) is 0 Å². The molecule has 0 saturated heterocycles. The summed E-state index contributed by atoms with van der Waals surface area (Å²) in [5.41, 5.74) is 1.43. The number of amides is 5. The van der Waals surface area contributed by atoms with Crippen LogP contribution < -0.4 is 31.9 Å². The first-order chi connectivity index (χ1) is 24.9. The quantitative estimate of drug-likeness (QED) is 0.0660. The number of urea groups is 1. The number of unbranched alkanes of at least 4 members (excludes halogenated alkanes) is 3. The number of hydrogen-bond acceptors (Lipinski definition) is 8. The summed E-state index contributed by atoms with van der Waals surface area (Å²) in [6.45, 7) is 15.3. The van der Waals surface area contributed by atoms with Crippen molar-refractivity contribution >= 4 is 47.3 Å². The van der Waals surface area contributed by atoms with E-state index in [1.165, 1.54) is 18.2 Å². The Morgan fingerprint density at radius 2 is 1.37 bits per heavy atom. The first-order valence-electron chi connectivity index (χ1n) is 18.8. The highest BCUT2D eigenvalue weighted by Gasteiger charge is 2.23. The normalized spacial score (nSPS) is 11.4. The molecule has 7 N–H and O–H groups in total. The number of carboxylic acids is 1. The average molecular weight is 753 g/mol. The second-order valence-corrected chi connectivity index (χ2v) is 13.3. The van der Waals surface area contributed by atoms with Gasteiger partial charge in [0.2, 0.25) is 11.8 Å². The number of carboxylic acid groups (broad SMARTS) is 1. The Bertz CT molecular complexity index is 1150. The maximum absolute atomic E-state index is 12.9. The van der Waals surface area contributed by atoms with Crippen molar-refractivity contribution in [1.82, 2.24) is 31.9 Å². The molecule has 0 saturated carbocycles. The van der Waals surface area contributed by atoms with Crippen LogP contribution in [-0.4, -0.2) is 90.4 Å². The number of Topliss-reactive ketones (excluding diaryl/α,β-unsaturated/α-hetero) is 1. The van der Waals surface area contributed by atoms with Crippen LogP contribution in [0.2, 0.25) is 0 Å². The first-order valence-corrected chi connectivity index (χ1v) is 20.2. The van der Waals surface area contributed by atoms with E-state index < -0.39 is 42.3 Å². The molecule has 0 heterocycles. The van der Waals surface area contributed by atoms with Gasteiger partial charge in [-0.3, -0.25) is 19.2 Å². The number of rotatable bonds is 25. The van der Waals surface area contributed by atoms with Crippen molar-refractivity contribution in [3.8, 4) is 0 Å². The molecule has 0 radical (unpaired) electrons. The standard InChI is InChI=1S/C33H54N6O7S.C3H8.C2H6/c1-5-26(40)11-7-6-9-18-34-33(46)35-19-10-8-12-28(32(44)45)38-29(41)22-37-31(43)27(17-20-47-4)39-30(42)25-15-13-24(14-16-25)21-36-23(2)3;1-3-2;1-2/h13-16,23,27-28,36H,5-12,17-22H2,1-4H3,(H,37,43)(H,38,41)(H,39,42)(H,44,45)(H2,34,35,46);3H2,1-2H3;1-2H3. The van der Waals surface area contributed by atoms with Gasteiger partial charge in [0.15, 0.2) is 0 Å². The zero-order chi connectivity index (χ0) is 39.7. The predicted molar refractivity (Wildman–Crippen MR) is 212 cm³/mol.